The van der Waals surface area contributed by atoms with Crippen molar-refractivity contribution in [1.82, 2.24) is 14.1 Å². The number of aromatic nitrogens is 2. The maximum absolute atomic E-state index is 11.8. The van der Waals surface area contributed by atoms with E-state index in [4.69, 9.17) is 10.5 Å². The largest absolute Gasteiger partial charge is 0.416 e. The van der Waals surface area contributed by atoms with Crippen molar-refractivity contribution in [3.63, 3.8) is 0 Å². The van der Waals surface area contributed by atoms with Crippen LogP contribution >= 0.6 is 23.5 Å². The highest BCUT2D eigenvalue weighted by molar-refractivity contribution is 8.12. The van der Waals surface area contributed by atoms with Crippen LogP contribution in [0.5, 0.6) is 0 Å². The first-order valence-electron chi connectivity index (χ1n) is 5.69. The molecule has 104 valence electrons. The molecule has 0 spiro atoms. The molecular formula is C9H14N6O2S2. The normalized spacial score (nSPS) is 22.1. The number of amides is 1. The van der Waals surface area contributed by atoms with Gasteiger partial charge in [0.05, 0.1) is 0 Å². The van der Waals surface area contributed by atoms with E-state index in [0.29, 0.717) is 29.0 Å². The molecule has 1 amide bonds. The van der Waals surface area contributed by atoms with Crippen LogP contribution in [-0.2, 0) is 11.2 Å². The van der Waals surface area contributed by atoms with E-state index in [-0.39, 0.29) is 0 Å². The summed E-state index contributed by atoms with van der Waals surface area (Å²) in [6.45, 7) is 3.77. The Kier molecular flexibility index (Phi) is 4.22. The Labute approximate surface area is 118 Å². The highest BCUT2D eigenvalue weighted by Crippen LogP contribution is 2.25. The molecule has 2 heterocycles. The van der Waals surface area contributed by atoms with Crippen LogP contribution in [0.3, 0.4) is 0 Å². The molecule has 2 rings (SSSR count). The number of nitrogens with zero attached hydrogens (tertiary/aromatic N) is 3. The third-order valence-electron chi connectivity index (χ3n) is 2.34. The minimum absolute atomic E-state index is 0.332. The fraction of sp³-hybridized carbons (Fsp3) is 0.556. The Hall–Kier alpha value is -1.39. The number of rotatable bonds is 4. The van der Waals surface area contributed by atoms with Crippen LogP contribution in [0.1, 0.15) is 26.1 Å². The van der Waals surface area contributed by atoms with Crippen molar-refractivity contribution in [3.05, 3.63) is 5.82 Å². The van der Waals surface area contributed by atoms with Crippen LogP contribution in [0, 0.1) is 0 Å². The molecule has 10 heteroatoms. The molecule has 1 aliphatic heterocycles. The van der Waals surface area contributed by atoms with Crippen LogP contribution < -0.4 is 15.8 Å². The fourth-order valence-electron chi connectivity index (χ4n) is 1.34. The van der Waals surface area contributed by atoms with E-state index in [1.165, 1.54) is 0 Å². The molecule has 4 N–H and O–H groups in total. The average molecular weight is 302 g/mol. The summed E-state index contributed by atoms with van der Waals surface area (Å²) in [4.78, 5) is 20.0. The minimum atomic E-state index is -1.11. The number of anilines is 1. The molecule has 19 heavy (non-hydrogen) atoms. The molecule has 0 radical (unpaired) electrons. The average Bonchev–Trinajstić information content (AvgIpc) is 2.97. The lowest BCUT2D eigenvalue weighted by molar-refractivity contribution is 0.0191. The number of nitrogens with one attached hydrogen (secondary N) is 2. The summed E-state index contributed by atoms with van der Waals surface area (Å²) in [6, 6.07) is 0. The number of hydrogen-bond acceptors (Lipinski definition) is 9. The zero-order valence-electron chi connectivity index (χ0n) is 10.5. The first-order valence-corrected chi connectivity index (χ1v) is 7.28. The summed E-state index contributed by atoms with van der Waals surface area (Å²) in [5.74, 6) is -0.431. The molecule has 0 bridgehead atoms. The predicted octanol–water partition coefficient (Wildman–Crippen LogP) is 1.28. The topological polar surface area (TPSA) is 115 Å². The Morgan fingerprint density at radius 3 is 2.89 bits per heavy atom. The molecule has 8 nitrogen and oxygen atoms in total. The van der Waals surface area contributed by atoms with Crippen molar-refractivity contribution < 1.29 is 9.53 Å². The molecule has 1 atom stereocenters. The molecule has 0 fully saturated rings. The number of aryl methyl sites for hydroxylation is 1. The molecule has 1 aromatic rings. The van der Waals surface area contributed by atoms with E-state index in [9.17, 15) is 4.79 Å². The minimum Gasteiger partial charge on any atom is -0.406 e. The smallest absolute Gasteiger partial charge is 0.406 e. The summed E-state index contributed by atoms with van der Waals surface area (Å²) in [7, 11) is 0. The number of hydrogen-bond donors (Lipinski definition) is 3. The molecule has 0 aliphatic carbocycles. The van der Waals surface area contributed by atoms with E-state index < -0.39 is 11.9 Å². The van der Waals surface area contributed by atoms with E-state index in [0.717, 1.165) is 23.5 Å². The van der Waals surface area contributed by atoms with Crippen LogP contribution in [0.2, 0.25) is 0 Å². The van der Waals surface area contributed by atoms with Gasteiger partial charge in [-0.2, -0.15) is 14.1 Å². The van der Waals surface area contributed by atoms with E-state index in [1.807, 2.05) is 13.8 Å². The number of nitrogens with two attached hydrogens (primary N) is 1. The predicted molar refractivity (Wildman–Crippen MR) is 74.8 cm³/mol. The maximum Gasteiger partial charge on any atom is 0.416 e. The first kappa shape index (κ1) is 14.0. The van der Waals surface area contributed by atoms with Gasteiger partial charge in [0, 0.05) is 24.4 Å². The first-order chi connectivity index (χ1) is 9.07. The second-order valence-corrected chi connectivity index (χ2v) is 5.25. The number of aliphatic imine (C=N–C) groups is 1. The molecule has 1 aromatic heterocycles. The third kappa shape index (κ3) is 3.33. The molecule has 1 unspecified atom stereocenters. The zero-order chi connectivity index (χ0) is 13.9. The Bertz CT molecular complexity index is 505. The van der Waals surface area contributed by atoms with Crippen molar-refractivity contribution in [2.75, 3.05) is 5.32 Å². The Balaban J connectivity index is 1.97. The number of carbonyl (C=O) groups is 1. The quantitative estimate of drug-likeness (QED) is 0.718. The summed E-state index contributed by atoms with van der Waals surface area (Å²) in [5, 5.41) is 3.25. The van der Waals surface area contributed by atoms with Crippen LogP contribution in [0.25, 0.3) is 0 Å². The molecule has 0 saturated heterocycles. The van der Waals surface area contributed by atoms with E-state index in [1.54, 1.807) is 0 Å². The van der Waals surface area contributed by atoms with E-state index in [2.05, 4.69) is 24.4 Å². The van der Waals surface area contributed by atoms with Crippen molar-refractivity contribution in [1.29, 1.82) is 0 Å². The summed E-state index contributed by atoms with van der Waals surface area (Å²) >= 11 is 2.24. The second-order valence-electron chi connectivity index (χ2n) is 3.68. The molecular weight excluding hydrogens is 288 g/mol. The second kappa shape index (κ2) is 5.72. The van der Waals surface area contributed by atoms with Gasteiger partial charge in [-0.1, -0.05) is 13.8 Å². The monoisotopic (exact) mass is 302 g/mol. The van der Waals surface area contributed by atoms with Gasteiger partial charge in [-0.3, -0.25) is 5.32 Å². The van der Waals surface area contributed by atoms with Gasteiger partial charge < -0.3 is 10.5 Å². The van der Waals surface area contributed by atoms with Gasteiger partial charge in [0.1, 0.15) is 5.82 Å². The highest BCUT2D eigenvalue weighted by atomic mass is 32.2. The standard InChI is InChI=1S/C9H14N6O2S2/c1-3-5-11-7(19-14-5)12-8(16)17-9(4-2)13-6(10)18-15-9/h15H,3-4H2,1-2H3,(H2,10,13)(H,11,12,14,16). The number of carbonyl (C=O) groups excluding carboxylic acids is 1. The lowest BCUT2D eigenvalue weighted by Crippen LogP contribution is -2.41. The van der Waals surface area contributed by atoms with Gasteiger partial charge >= 0.3 is 6.09 Å². The maximum atomic E-state index is 11.8. The summed E-state index contributed by atoms with van der Waals surface area (Å²) in [6.07, 6.45) is 0.530. The van der Waals surface area contributed by atoms with Crippen LogP contribution in [0.15, 0.2) is 4.99 Å². The van der Waals surface area contributed by atoms with Crippen molar-refractivity contribution in [3.8, 4) is 0 Å². The Morgan fingerprint density at radius 1 is 1.58 bits per heavy atom. The highest BCUT2D eigenvalue weighted by Gasteiger charge is 2.37. The summed E-state index contributed by atoms with van der Waals surface area (Å²) < 4.78 is 12.2. The van der Waals surface area contributed by atoms with Crippen molar-refractivity contribution in [2.24, 2.45) is 10.7 Å². The fourth-order valence-corrected chi connectivity index (χ4v) is 2.66. The third-order valence-corrected chi connectivity index (χ3v) is 3.73. The van der Waals surface area contributed by atoms with Crippen molar-refractivity contribution >= 4 is 39.9 Å². The lowest BCUT2D eigenvalue weighted by Gasteiger charge is -2.23. The van der Waals surface area contributed by atoms with Gasteiger partial charge in [0.25, 0.3) is 5.85 Å². The molecule has 0 saturated carbocycles. The van der Waals surface area contributed by atoms with Gasteiger partial charge in [-0.25, -0.2) is 9.78 Å². The Morgan fingerprint density at radius 2 is 2.37 bits per heavy atom. The SMILES string of the molecule is CCc1nsc(NC(=O)OC2(CC)N=C(N)SN2)n1. The van der Waals surface area contributed by atoms with Gasteiger partial charge in [-0.15, -0.1) is 0 Å². The van der Waals surface area contributed by atoms with Gasteiger partial charge in [-0.05, 0) is 11.9 Å². The van der Waals surface area contributed by atoms with Crippen LogP contribution in [-0.4, -0.2) is 26.5 Å². The van der Waals surface area contributed by atoms with Crippen LogP contribution in [0.4, 0.5) is 9.93 Å². The van der Waals surface area contributed by atoms with Gasteiger partial charge in [0.2, 0.25) is 5.13 Å². The summed E-state index contributed by atoms with van der Waals surface area (Å²) in [5.41, 5.74) is 5.55. The van der Waals surface area contributed by atoms with Gasteiger partial charge in [0.15, 0.2) is 5.17 Å². The number of ether oxygens (including phenoxy) is 1. The molecule has 1 aliphatic rings. The zero-order valence-corrected chi connectivity index (χ0v) is 12.1. The molecule has 0 aromatic carbocycles. The lowest BCUT2D eigenvalue weighted by atomic mass is 10.3. The van der Waals surface area contributed by atoms with E-state index >= 15 is 0 Å². The van der Waals surface area contributed by atoms with Crippen molar-refractivity contribution in [2.45, 2.75) is 32.5 Å². The number of amidine groups is 1.